The fourth-order valence-corrected chi connectivity index (χ4v) is 5.05. The lowest BCUT2D eigenvalue weighted by atomic mass is 9.81. The van der Waals surface area contributed by atoms with E-state index in [1.165, 1.54) is 19.9 Å². The van der Waals surface area contributed by atoms with Gasteiger partial charge in [0.15, 0.2) is 6.10 Å². The van der Waals surface area contributed by atoms with Gasteiger partial charge in [0.2, 0.25) is 5.91 Å². The molecule has 3 amide bonds. The first-order valence-corrected chi connectivity index (χ1v) is 13.4. The average Bonchev–Trinajstić information content (AvgIpc) is 3.08. The number of halogens is 2. The van der Waals surface area contributed by atoms with Gasteiger partial charge in [0, 0.05) is 17.7 Å². The summed E-state index contributed by atoms with van der Waals surface area (Å²) >= 11 is 0. The molecule has 0 aliphatic carbocycles. The van der Waals surface area contributed by atoms with Crippen molar-refractivity contribution in [3.8, 4) is 5.75 Å². The number of alkyl halides is 2. The third-order valence-electron chi connectivity index (χ3n) is 7.64. The summed E-state index contributed by atoms with van der Waals surface area (Å²) in [4.78, 5) is 40.9. The predicted octanol–water partition coefficient (Wildman–Crippen LogP) is 3.36. The molecule has 1 heterocycles. The van der Waals surface area contributed by atoms with Gasteiger partial charge in [-0.25, -0.2) is 8.78 Å². The second kappa shape index (κ2) is 11.9. The van der Waals surface area contributed by atoms with Crippen LogP contribution in [-0.2, 0) is 16.0 Å². The number of nitrogens with one attached hydrogen (secondary N) is 2. The molecule has 2 aromatic rings. The Labute approximate surface area is 233 Å². The zero-order valence-corrected chi connectivity index (χ0v) is 23.8. The maximum Gasteiger partial charge on any atom is 0.272 e. The van der Waals surface area contributed by atoms with Crippen LogP contribution < -0.4 is 10.6 Å². The van der Waals surface area contributed by atoms with Crippen molar-refractivity contribution in [2.45, 2.75) is 72.1 Å². The summed E-state index contributed by atoms with van der Waals surface area (Å²) in [5.41, 5.74) is -0.161. The number of carbonyl (C=O) groups is 3. The molecule has 1 aliphatic heterocycles. The Morgan fingerprint density at radius 1 is 1.07 bits per heavy atom. The number of aliphatic hydroxyl groups excluding tert-OH is 1. The summed E-state index contributed by atoms with van der Waals surface area (Å²) in [6.07, 6.45) is -1.93. The Morgan fingerprint density at radius 2 is 1.70 bits per heavy atom. The smallest absolute Gasteiger partial charge is 0.272 e. The first-order chi connectivity index (χ1) is 18.6. The van der Waals surface area contributed by atoms with Crippen LogP contribution in [0.4, 0.5) is 8.78 Å². The van der Waals surface area contributed by atoms with Crippen LogP contribution in [0.1, 0.15) is 54.7 Å². The first kappa shape index (κ1) is 31.0. The Hall–Kier alpha value is -3.53. The van der Waals surface area contributed by atoms with E-state index in [0.29, 0.717) is 16.7 Å². The predicted molar refractivity (Wildman–Crippen MR) is 147 cm³/mol. The Bertz CT molecular complexity index is 1250. The first-order valence-electron chi connectivity index (χ1n) is 13.4. The molecule has 0 bridgehead atoms. The monoisotopic (exact) mass is 559 g/mol. The van der Waals surface area contributed by atoms with Crippen molar-refractivity contribution in [3.05, 3.63) is 64.7 Å². The Kier molecular flexibility index (Phi) is 9.24. The summed E-state index contributed by atoms with van der Waals surface area (Å²) in [6.45, 7) is 8.60. The fourth-order valence-electron chi connectivity index (χ4n) is 5.05. The van der Waals surface area contributed by atoms with E-state index in [1.807, 2.05) is 13.8 Å². The van der Waals surface area contributed by atoms with E-state index in [0.717, 1.165) is 4.90 Å². The fraction of sp³-hybridized carbons (Fsp3) is 0.500. The molecule has 0 spiro atoms. The number of likely N-dealkylation sites (tertiary alicyclic amines) is 1. The van der Waals surface area contributed by atoms with E-state index in [4.69, 9.17) is 0 Å². The molecule has 1 aliphatic rings. The molecule has 0 saturated carbocycles. The van der Waals surface area contributed by atoms with Crippen molar-refractivity contribution in [2.24, 2.45) is 11.3 Å². The number of nitrogens with zero attached hydrogens (tertiary/aromatic N) is 1. The molecule has 4 N–H and O–H groups in total. The molecule has 1 fully saturated rings. The molecule has 3 atom stereocenters. The number of aryl methyl sites for hydroxylation is 1. The Morgan fingerprint density at radius 3 is 2.30 bits per heavy atom. The van der Waals surface area contributed by atoms with Gasteiger partial charge in [-0.05, 0) is 43.4 Å². The van der Waals surface area contributed by atoms with E-state index in [9.17, 15) is 24.6 Å². The van der Waals surface area contributed by atoms with Crippen molar-refractivity contribution in [3.63, 3.8) is 0 Å². The van der Waals surface area contributed by atoms with Crippen molar-refractivity contribution in [2.75, 3.05) is 13.1 Å². The molecule has 2 aromatic carbocycles. The van der Waals surface area contributed by atoms with Crippen molar-refractivity contribution >= 4 is 17.7 Å². The zero-order valence-electron chi connectivity index (χ0n) is 23.8. The third-order valence-corrected chi connectivity index (χ3v) is 7.64. The second-order valence-corrected chi connectivity index (χ2v) is 11.5. The number of rotatable bonds is 9. The van der Waals surface area contributed by atoms with Crippen molar-refractivity contribution in [1.82, 2.24) is 15.5 Å². The largest absolute Gasteiger partial charge is 0.508 e. The number of phenols is 1. The normalized spacial score (nSPS) is 19.2. The number of hydrogen-bond acceptors (Lipinski definition) is 5. The number of hydrogen-bond donors (Lipinski definition) is 4. The van der Waals surface area contributed by atoms with Crippen LogP contribution in [0.3, 0.4) is 0 Å². The molecule has 0 aromatic heterocycles. The van der Waals surface area contributed by atoms with Gasteiger partial charge in [-0.15, -0.1) is 0 Å². The SMILES string of the molecule is Cc1ccc(O)c(C)c1C(=O)N[C@@H](Cc1ccccc1)[C@H](O)C(=O)N1CC(F)(F)C(C)(C)[C@@H]1C(=O)NCC(C)C. The van der Waals surface area contributed by atoms with Gasteiger partial charge < -0.3 is 25.7 Å². The van der Waals surface area contributed by atoms with Gasteiger partial charge in [-0.2, -0.15) is 0 Å². The highest BCUT2D eigenvalue weighted by Gasteiger charge is 2.64. The van der Waals surface area contributed by atoms with Crippen LogP contribution in [0, 0.1) is 25.2 Å². The van der Waals surface area contributed by atoms with Crippen molar-refractivity contribution < 1.29 is 33.4 Å². The van der Waals surface area contributed by atoms with E-state index in [1.54, 1.807) is 50.2 Å². The summed E-state index contributed by atoms with van der Waals surface area (Å²) in [6, 6.07) is 9.06. The lowest BCUT2D eigenvalue weighted by Crippen LogP contribution is -2.58. The highest BCUT2D eigenvalue weighted by molar-refractivity contribution is 5.98. The van der Waals surface area contributed by atoms with Gasteiger partial charge in [0.1, 0.15) is 11.8 Å². The minimum absolute atomic E-state index is 0.00817. The number of aliphatic hydroxyl groups is 1. The second-order valence-electron chi connectivity index (χ2n) is 11.5. The molecule has 218 valence electrons. The summed E-state index contributed by atoms with van der Waals surface area (Å²) in [7, 11) is 0. The van der Waals surface area contributed by atoms with Crippen LogP contribution in [0.2, 0.25) is 0 Å². The number of amides is 3. The van der Waals surface area contributed by atoms with Gasteiger partial charge >= 0.3 is 0 Å². The molecule has 10 heteroatoms. The number of phenolic OH excluding ortho intramolecular Hbond substituents is 1. The Balaban J connectivity index is 1.96. The quantitative estimate of drug-likeness (QED) is 0.376. The van der Waals surface area contributed by atoms with E-state index < -0.39 is 53.8 Å². The number of carbonyl (C=O) groups excluding carboxylic acids is 3. The van der Waals surface area contributed by atoms with Gasteiger partial charge in [0.05, 0.1) is 18.0 Å². The lowest BCUT2D eigenvalue weighted by Gasteiger charge is -2.34. The molecular formula is C30H39F2N3O5. The molecule has 3 rings (SSSR count). The van der Waals surface area contributed by atoms with Gasteiger partial charge in [-0.1, -0.05) is 64.1 Å². The molecular weight excluding hydrogens is 520 g/mol. The summed E-state index contributed by atoms with van der Waals surface area (Å²) in [5.74, 6) is -5.90. The van der Waals surface area contributed by atoms with Crippen LogP contribution in [-0.4, -0.2) is 70.0 Å². The summed E-state index contributed by atoms with van der Waals surface area (Å²) in [5, 5.41) is 26.8. The molecule has 1 saturated heterocycles. The standard InChI is InChI=1S/C30H39F2N3O5/c1-17(2)15-33-27(39)25-29(5,6)30(31,32)16-35(25)28(40)24(37)21(14-20-10-8-7-9-11-20)34-26(38)23-18(3)12-13-22(36)19(23)4/h7-13,17,21,24-25,36-37H,14-16H2,1-6H3,(H,33,39)(H,34,38)/t21-,24-,25-/m0/s1. The topological polar surface area (TPSA) is 119 Å². The summed E-state index contributed by atoms with van der Waals surface area (Å²) < 4.78 is 30.3. The average molecular weight is 560 g/mol. The number of aromatic hydroxyl groups is 1. The third kappa shape index (κ3) is 6.27. The number of benzene rings is 2. The molecule has 0 radical (unpaired) electrons. The highest BCUT2D eigenvalue weighted by atomic mass is 19.3. The maximum atomic E-state index is 15.2. The van der Waals surface area contributed by atoms with Crippen molar-refractivity contribution in [1.29, 1.82) is 0 Å². The highest BCUT2D eigenvalue weighted by Crippen LogP contribution is 2.48. The van der Waals surface area contributed by atoms with Crippen LogP contribution in [0.25, 0.3) is 0 Å². The minimum Gasteiger partial charge on any atom is -0.508 e. The molecule has 0 unspecified atom stereocenters. The van der Waals surface area contributed by atoms with E-state index >= 15 is 8.78 Å². The molecule has 40 heavy (non-hydrogen) atoms. The van der Waals surface area contributed by atoms with Gasteiger partial charge in [0.25, 0.3) is 17.7 Å². The van der Waals surface area contributed by atoms with E-state index in [2.05, 4.69) is 10.6 Å². The molecule has 8 nitrogen and oxygen atoms in total. The maximum absolute atomic E-state index is 15.2. The lowest BCUT2D eigenvalue weighted by molar-refractivity contribution is -0.148. The zero-order chi connectivity index (χ0) is 30.0. The van der Waals surface area contributed by atoms with Crippen LogP contribution >= 0.6 is 0 Å². The minimum atomic E-state index is -3.41. The van der Waals surface area contributed by atoms with Gasteiger partial charge in [-0.3, -0.25) is 14.4 Å². The van der Waals surface area contributed by atoms with E-state index in [-0.39, 0.29) is 30.2 Å². The van der Waals surface area contributed by atoms with Crippen LogP contribution in [0.5, 0.6) is 5.75 Å². The van der Waals surface area contributed by atoms with Crippen LogP contribution in [0.15, 0.2) is 42.5 Å².